The molecule has 10 nitrogen and oxygen atoms in total. The Morgan fingerprint density at radius 2 is 2.00 bits per heavy atom. The monoisotopic (exact) mass is 568 g/mol. The minimum absolute atomic E-state index is 0.286. The molecule has 1 saturated heterocycles. The number of hydrogen-bond donors (Lipinski definition) is 1. The maximum Gasteiger partial charge on any atom is 0.211 e. The van der Waals surface area contributed by atoms with E-state index in [4.69, 9.17) is 20.2 Å². The molecule has 1 atom stereocenters. The highest BCUT2D eigenvalue weighted by atomic mass is 79.9. The van der Waals surface area contributed by atoms with Gasteiger partial charge in [0.1, 0.15) is 13.2 Å². The zero-order valence-corrected chi connectivity index (χ0v) is 21.8. The van der Waals surface area contributed by atoms with Gasteiger partial charge >= 0.3 is 0 Å². The number of imidazole rings is 1. The van der Waals surface area contributed by atoms with Crippen LogP contribution >= 0.6 is 27.7 Å². The number of fused-ring (bicyclic) bond motifs is 2. The molecule has 4 aliphatic rings. The average molecular weight is 570 g/mol. The first kappa shape index (κ1) is 23.6. The van der Waals surface area contributed by atoms with Crippen LogP contribution in [0.2, 0.25) is 0 Å². The standard InChI is InChI=1S/C21H25BrN6O4S2/c1-34(29,30)28-5-2-3-13(11-28)4-6-27-12-24-19(23)18-20(27)26-21(25-18)33-17-10-16-15(9-14(17)22)31-7-8-32-16/h9-10,12-13H,2-8,11,23H2,1H3. The van der Waals surface area contributed by atoms with Crippen LogP contribution in [0.25, 0.3) is 11.5 Å². The Morgan fingerprint density at radius 3 is 2.76 bits per heavy atom. The summed E-state index contributed by atoms with van der Waals surface area (Å²) in [6.45, 7) is 2.85. The number of rotatable bonds is 6. The number of hydrogen-bond acceptors (Lipinski definition) is 9. The molecule has 0 amide bonds. The molecule has 2 N–H and O–H groups in total. The number of nitrogens with zero attached hydrogens (tertiary/aromatic N) is 5. The van der Waals surface area contributed by atoms with Crippen LogP contribution in [0.5, 0.6) is 11.5 Å². The Labute approximate surface area is 210 Å². The number of ether oxygens (including phenoxy) is 2. The number of benzene rings is 1. The van der Waals surface area contributed by atoms with Crippen LogP contribution in [0.4, 0.5) is 5.82 Å². The van der Waals surface area contributed by atoms with E-state index < -0.39 is 10.0 Å². The van der Waals surface area contributed by atoms with E-state index in [1.54, 1.807) is 10.6 Å². The van der Waals surface area contributed by atoms with Crippen LogP contribution in [-0.4, -0.2) is 64.8 Å². The molecule has 182 valence electrons. The molecule has 1 unspecified atom stereocenters. The van der Waals surface area contributed by atoms with Gasteiger partial charge in [-0.05, 0) is 65.0 Å². The first-order valence-electron chi connectivity index (χ1n) is 11.0. The summed E-state index contributed by atoms with van der Waals surface area (Å²) in [7, 11) is -3.17. The lowest BCUT2D eigenvalue weighted by molar-refractivity contribution is 0.171. The molecule has 0 aliphatic carbocycles. The molecule has 1 aromatic rings. The molecule has 0 spiro atoms. The van der Waals surface area contributed by atoms with Gasteiger partial charge in [0, 0.05) is 29.0 Å². The summed E-state index contributed by atoms with van der Waals surface area (Å²) in [5, 5.41) is 0.557. The van der Waals surface area contributed by atoms with Crippen molar-refractivity contribution >= 4 is 43.5 Å². The fourth-order valence-electron chi connectivity index (χ4n) is 4.25. The van der Waals surface area contributed by atoms with Gasteiger partial charge in [-0.1, -0.05) is 0 Å². The summed E-state index contributed by atoms with van der Waals surface area (Å²) >= 11 is 5.00. The van der Waals surface area contributed by atoms with Crippen LogP contribution in [0, 0.1) is 5.92 Å². The molecule has 0 radical (unpaired) electrons. The first-order chi connectivity index (χ1) is 16.3. The highest BCUT2D eigenvalue weighted by Gasteiger charge is 2.27. The lowest BCUT2D eigenvalue weighted by atomic mass is 9.96. The fraction of sp³-hybridized carbons (Fsp3) is 0.476. The second-order valence-corrected chi connectivity index (χ2v) is 12.3. The third-order valence-electron chi connectivity index (χ3n) is 6.00. The van der Waals surface area contributed by atoms with E-state index in [1.807, 2.05) is 16.7 Å². The normalized spacial score (nSPS) is 18.9. The Bertz CT molecular complexity index is 1280. The second-order valence-electron chi connectivity index (χ2n) is 8.45. The van der Waals surface area contributed by atoms with Crippen molar-refractivity contribution in [3.63, 3.8) is 0 Å². The Hall–Kier alpha value is -2.09. The molecule has 0 bridgehead atoms. The number of anilines is 1. The Kier molecular flexibility index (Phi) is 6.62. The van der Waals surface area contributed by atoms with Crippen molar-refractivity contribution in [2.75, 3.05) is 38.3 Å². The van der Waals surface area contributed by atoms with Gasteiger partial charge in [-0.2, -0.15) is 0 Å². The van der Waals surface area contributed by atoms with Gasteiger partial charge in [0.2, 0.25) is 10.0 Å². The van der Waals surface area contributed by atoms with E-state index in [0.29, 0.717) is 66.8 Å². The van der Waals surface area contributed by atoms with Gasteiger partial charge in [0.25, 0.3) is 0 Å². The van der Waals surface area contributed by atoms with E-state index in [9.17, 15) is 8.42 Å². The highest BCUT2D eigenvalue weighted by molar-refractivity contribution is 9.10. The van der Waals surface area contributed by atoms with E-state index in [0.717, 1.165) is 28.6 Å². The molecule has 5 rings (SSSR count). The van der Waals surface area contributed by atoms with Crippen LogP contribution in [0.15, 0.2) is 33.0 Å². The molecule has 4 heterocycles. The first-order valence-corrected chi connectivity index (χ1v) is 14.4. The highest BCUT2D eigenvalue weighted by Crippen LogP contribution is 2.42. The van der Waals surface area contributed by atoms with Crippen LogP contribution in [0.3, 0.4) is 0 Å². The summed E-state index contributed by atoms with van der Waals surface area (Å²) in [6.07, 6.45) is 5.65. The number of sulfonamides is 1. The summed E-state index contributed by atoms with van der Waals surface area (Å²) in [5.74, 6) is 2.68. The van der Waals surface area contributed by atoms with Gasteiger partial charge < -0.3 is 19.8 Å². The third-order valence-corrected chi connectivity index (χ3v) is 9.11. The molecular formula is C21H25BrN6O4S2. The maximum absolute atomic E-state index is 11.9. The quantitative estimate of drug-likeness (QED) is 0.477. The second kappa shape index (κ2) is 9.51. The smallest absolute Gasteiger partial charge is 0.211 e. The van der Waals surface area contributed by atoms with E-state index in [-0.39, 0.29) is 5.92 Å². The minimum atomic E-state index is -3.17. The Balaban J connectivity index is 1.35. The number of aromatic nitrogens is 4. The van der Waals surface area contributed by atoms with Crippen molar-refractivity contribution in [3.05, 3.63) is 22.9 Å². The molecule has 1 aromatic carbocycles. The summed E-state index contributed by atoms with van der Waals surface area (Å²) in [6, 6.07) is 3.80. The van der Waals surface area contributed by atoms with Gasteiger partial charge in [0.15, 0.2) is 34.0 Å². The van der Waals surface area contributed by atoms with E-state index >= 15 is 0 Å². The van der Waals surface area contributed by atoms with Crippen LogP contribution < -0.4 is 15.2 Å². The molecule has 0 saturated carbocycles. The summed E-state index contributed by atoms with van der Waals surface area (Å²) in [5.41, 5.74) is 6.66. The zero-order valence-electron chi connectivity index (χ0n) is 18.6. The van der Waals surface area contributed by atoms with Crippen molar-refractivity contribution in [2.24, 2.45) is 5.92 Å². The predicted molar refractivity (Wildman–Crippen MR) is 132 cm³/mol. The zero-order chi connectivity index (χ0) is 23.9. The molecule has 13 heteroatoms. The maximum atomic E-state index is 11.9. The predicted octanol–water partition coefficient (Wildman–Crippen LogP) is 3.11. The van der Waals surface area contributed by atoms with Crippen molar-refractivity contribution in [1.82, 2.24) is 23.8 Å². The van der Waals surface area contributed by atoms with Crippen molar-refractivity contribution in [1.29, 1.82) is 0 Å². The van der Waals surface area contributed by atoms with E-state index in [1.165, 1.54) is 18.0 Å². The minimum Gasteiger partial charge on any atom is -0.486 e. The van der Waals surface area contributed by atoms with Crippen molar-refractivity contribution < 1.29 is 17.9 Å². The lowest BCUT2D eigenvalue weighted by Gasteiger charge is -2.31. The van der Waals surface area contributed by atoms with Crippen molar-refractivity contribution in [2.45, 2.75) is 35.9 Å². The largest absolute Gasteiger partial charge is 0.486 e. The summed E-state index contributed by atoms with van der Waals surface area (Å²) in [4.78, 5) is 14.6. The molecular weight excluding hydrogens is 544 g/mol. The Morgan fingerprint density at radius 1 is 1.24 bits per heavy atom. The van der Waals surface area contributed by atoms with Gasteiger partial charge in [-0.25, -0.2) is 27.7 Å². The molecule has 1 fully saturated rings. The average Bonchev–Trinajstić information content (AvgIpc) is 3.24. The van der Waals surface area contributed by atoms with Crippen molar-refractivity contribution in [3.8, 4) is 23.0 Å². The molecule has 4 aliphatic heterocycles. The van der Waals surface area contributed by atoms with Gasteiger partial charge in [-0.15, -0.1) is 0 Å². The van der Waals surface area contributed by atoms with Crippen LogP contribution in [0.1, 0.15) is 19.3 Å². The third kappa shape index (κ3) is 4.97. The lowest BCUT2D eigenvalue weighted by Crippen LogP contribution is -2.39. The van der Waals surface area contributed by atoms with Gasteiger partial charge in [0.05, 0.1) is 12.6 Å². The fourth-order valence-corrected chi connectivity index (χ4v) is 6.55. The summed E-state index contributed by atoms with van der Waals surface area (Å²) < 4.78 is 39.6. The number of nitrogen functional groups attached to an aromatic ring is 1. The van der Waals surface area contributed by atoms with Crippen LogP contribution in [-0.2, 0) is 16.6 Å². The number of aryl methyl sites for hydroxylation is 1. The SMILES string of the molecule is CS(=O)(=O)N1CCCC(CCn2cnc(N)c3nc(Sc4cc5c(cc4Br)OCCO5)nc2-3)C1. The number of halogens is 1. The number of piperidine rings is 1. The number of nitrogens with two attached hydrogens (primary N) is 1. The molecule has 34 heavy (non-hydrogen) atoms. The van der Waals surface area contributed by atoms with Gasteiger partial charge in [-0.3, -0.25) is 0 Å². The molecule has 0 aromatic heterocycles. The topological polar surface area (TPSA) is 125 Å². The van der Waals surface area contributed by atoms with E-state index in [2.05, 4.69) is 25.9 Å².